The molecule has 0 aliphatic carbocycles. The Balaban J connectivity index is 1.87. The summed E-state index contributed by atoms with van der Waals surface area (Å²) in [6.45, 7) is 5.07. The highest BCUT2D eigenvalue weighted by Crippen LogP contribution is 2.15. The van der Waals surface area contributed by atoms with Crippen LogP contribution in [0.25, 0.3) is 0 Å². The summed E-state index contributed by atoms with van der Waals surface area (Å²) in [6.07, 6.45) is 4.02. The molecule has 2 rings (SSSR count). The molecule has 0 radical (unpaired) electrons. The Kier molecular flexibility index (Phi) is 6.14. The number of aryl methyl sites for hydroxylation is 1. The van der Waals surface area contributed by atoms with Crippen LogP contribution in [0.2, 0.25) is 0 Å². The van der Waals surface area contributed by atoms with Gasteiger partial charge < -0.3 is 10.6 Å². The Labute approximate surface area is 131 Å². The zero-order valence-electron chi connectivity index (χ0n) is 13.0. The lowest BCUT2D eigenvalue weighted by Gasteiger charge is -2.31. The number of carbonyl (C=O) groups excluding carboxylic acids is 1. The summed E-state index contributed by atoms with van der Waals surface area (Å²) in [6, 6.07) is 0.0847. The first-order valence-electron chi connectivity index (χ1n) is 7.69. The van der Waals surface area contributed by atoms with Crippen LogP contribution in [0.15, 0.2) is 5.38 Å². The molecule has 118 valence electrons. The molecule has 1 unspecified atom stereocenters. The first-order valence-corrected chi connectivity index (χ1v) is 8.57. The number of piperidine rings is 1. The van der Waals surface area contributed by atoms with Crippen molar-refractivity contribution in [3.63, 3.8) is 0 Å². The summed E-state index contributed by atoms with van der Waals surface area (Å²) < 4.78 is 0. The van der Waals surface area contributed by atoms with Crippen molar-refractivity contribution >= 4 is 17.2 Å². The highest BCUT2D eigenvalue weighted by molar-refractivity contribution is 7.09. The summed E-state index contributed by atoms with van der Waals surface area (Å²) >= 11 is 1.66. The normalized spacial score (nSPS) is 17.2. The van der Waals surface area contributed by atoms with Crippen molar-refractivity contribution < 1.29 is 4.79 Å². The molecule has 2 heterocycles. The number of nitrogens with zero attached hydrogens (tertiary/aromatic N) is 3. The summed E-state index contributed by atoms with van der Waals surface area (Å²) in [5.74, 6) is 0.242. The van der Waals surface area contributed by atoms with Crippen LogP contribution >= 0.6 is 11.3 Å². The lowest BCUT2D eigenvalue weighted by Crippen LogP contribution is -2.44. The molecule has 1 atom stereocenters. The summed E-state index contributed by atoms with van der Waals surface area (Å²) in [5.41, 5.74) is 6.94. The van der Waals surface area contributed by atoms with Gasteiger partial charge in [-0.25, -0.2) is 4.98 Å². The first kappa shape index (κ1) is 16.4. The van der Waals surface area contributed by atoms with Crippen LogP contribution in [-0.4, -0.2) is 53.4 Å². The number of likely N-dealkylation sites (N-methyl/N-ethyl adjacent to an activating group) is 1. The van der Waals surface area contributed by atoms with Gasteiger partial charge in [-0.1, -0.05) is 0 Å². The Bertz CT molecular complexity index is 456. The van der Waals surface area contributed by atoms with Gasteiger partial charge in [-0.3, -0.25) is 9.69 Å². The van der Waals surface area contributed by atoms with E-state index < -0.39 is 0 Å². The van der Waals surface area contributed by atoms with Gasteiger partial charge in [-0.15, -0.1) is 11.3 Å². The van der Waals surface area contributed by atoms with Gasteiger partial charge in [0.2, 0.25) is 5.91 Å². The molecule has 1 aliphatic heterocycles. The third-order valence-corrected chi connectivity index (χ3v) is 4.91. The standard InChI is InChI=1S/C15H26N4OS/c1-12-17-13(11-21-12)10-18(2)14(9-16)8-15(20)19-6-4-3-5-7-19/h11,14H,3-10,16H2,1-2H3. The quantitative estimate of drug-likeness (QED) is 0.867. The van der Waals surface area contributed by atoms with Gasteiger partial charge >= 0.3 is 0 Å². The van der Waals surface area contributed by atoms with Crippen molar-refractivity contribution in [1.82, 2.24) is 14.8 Å². The second-order valence-electron chi connectivity index (χ2n) is 5.81. The molecular weight excluding hydrogens is 284 g/mol. The summed E-state index contributed by atoms with van der Waals surface area (Å²) in [4.78, 5) is 21.0. The van der Waals surface area contributed by atoms with Gasteiger partial charge in [0.15, 0.2) is 0 Å². The van der Waals surface area contributed by atoms with E-state index in [9.17, 15) is 4.79 Å². The maximum atomic E-state index is 12.4. The van der Waals surface area contributed by atoms with E-state index in [1.807, 2.05) is 18.9 Å². The number of rotatable bonds is 6. The number of likely N-dealkylation sites (tertiary alicyclic amines) is 1. The van der Waals surface area contributed by atoms with Gasteiger partial charge in [-0.2, -0.15) is 0 Å². The predicted molar refractivity (Wildman–Crippen MR) is 86.2 cm³/mol. The number of nitrogens with two attached hydrogens (primary N) is 1. The third-order valence-electron chi connectivity index (χ3n) is 4.09. The van der Waals surface area contributed by atoms with E-state index in [1.54, 1.807) is 11.3 Å². The topological polar surface area (TPSA) is 62.5 Å². The monoisotopic (exact) mass is 310 g/mol. The molecule has 0 bridgehead atoms. The Morgan fingerprint density at radius 3 is 2.76 bits per heavy atom. The van der Waals surface area contributed by atoms with E-state index in [0.717, 1.165) is 43.2 Å². The van der Waals surface area contributed by atoms with Crippen molar-refractivity contribution in [1.29, 1.82) is 0 Å². The highest BCUT2D eigenvalue weighted by atomic mass is 32.1. The minimum Gasteiger partial charge on any atom is -0.343 e. The number of thiazole rings is 1. The maximum Gasteiger partial charge on any atom is 0.224 e. The molecule has 1 aromatic rings. The highest BCUT2D eigenvalue weighted by Gasteiger charge is 2.23. The largest absolute Gasteiger partial charge is 0.343 e. The number of hydrogen-bond acceptors (Lipinski definition) is 5. The molecule has 0 aromatic carbocycles. The minimum atomic E-state index is 0.0847. The van der Waals surface area contributed by atoms with Crippen LogP contribution in [0.3, 0.4) is 0 Å². The van der Waals surface area contributed by atoms with Gasteiger partial charge in [0, 0.05) is 44.0 Å². The van der Waals surface area contributed by atoms with E-state index in [4.69, 9.17) is 5.73 Å². The number of hydrogen-bond donors (Lipinski definition) is 1. The van der Waals surface area contributed by atoms with Gasteiger partial charge in [0.25, 0.3) is 0 Å². The average Bonchev–Trinajstić information content (AvgIpc) is 2.90. The molecule has 1 saturated heterocycles. The van der Waals surface area contributed by atoms with E-state index in [-0.39, 0.29) is 11.9 Å². The van der Waals surface area contributed by atoms with E-state index in [0.29, 0.717) is 13.0 Å². The molecule has 2 N–H and O–H groups in total. The SMILES string of the molecule is Cc1nc(CN(C)C(CN)CC(=O)N2CCCCC2)cs1. The van der Waals surface area contributed by atoms with Crippen LogP contribution < -0.4 is 5.73 Å². The fraction of sp³-hybridized carbons (Fsp3) is 0.733. The maximum absolute atomic E-state index is 12.4. The smallest absolute Gasteiger partial charge is 0.224 e. The predicted octanol–water partition coefficient (Wildman–Crippen LogP) is 1.61. The van der Waals surface area contributed by atoms with Gasteiger partial charge in [-0.05, 0) is 33.2 Å². The van der Waals surface area contributed by atoms with E-state index >= 15 is 0 Å². The molecule has 0 spiro atoms. The van der Waals surface area contributed by atoms with E-state index in [2.05, 4.69) is 15.3 Å². The fourth-order valence-electron chi connectivity index (χ4n) is 2.76. The summed E-state index contributed by atoms with van der Waals surface area (Å²) in [5, 5.41) is 3.15. The number of aromatic nitrogens is 1. The van der Waals surface area contributed by atoms with Gasteiger partial charge in [0.05, 0.1) is 10.7 Å². The lowest BCUT2D eigenvalue weighted by molar-refractivity contribution is -0.133. The van der Waals surface area contributed by atoms with Crippen LogP contribution in [0.4, 0.5) is 0 Å². The van der Waals surface area contributed by atoms with Crippen molar-refractivity contribution in [2.45, 2.75) is 45.2 Å². The average molecular weight is 310 g/mol. The van der Waals surface area contributed by atoms with Crippen molar-refractivity contribution in [2.24, 2.45) is 5.73 Å². The molecule has 6 heteroatoms. The molecule has 0 saturated carbocycles. The number of carbonyl (C=O) groups is 1. The van der Waals surface area contributed by atoms with Crippen LogP contribution in [0.5, 0.6) is 0 Å². The Morgan fingerprint density at radius 1 is 1.48 bits per heavy atom. The molecule has 1 amide bonds. The molecule has 21 heavy (non-hydrogen) atoms. The second kappa shape index (κ2) is 7.87. The Hall–Kier alpha value is -0.980. The molecule has 1 aliphatic rings. The third kappa shape index (κ3) is 4.76. The van der Waals surface area contributed by atoms with Gasteiger partial charge in [0.1, 0.15) is 0 Å². The van der Waals surface area contributed by atoms with Crippen molar-refractivity contribution in [3.8, 4) is 0 Å². The van der Waals surface area contributed by atoms with Crippen molar-refractivity contribution in [2.75, 3.05) is 26.7 Å². The molecular formula is C15H26N4OS. The zero-order valence-corrected chi connectivity index (χ0v) is 13.9. The van der Waals surface area contributed by atoms with Crippen LogP contribution in [-0.2, 0) is 11.3 Å². The van der Waals surface area contributed by atoms with E-state index in [1.165, 1.54) is 6.42 Å². The first-order chi connectivity index (χ1) is 10.1. The molecule has 1 fully saturated rings. The lowest BCUT2D eigenvalue weighted by atomic mass is 10.1. The fourth-order valence-corrected chi connectivity index (χ4v) is 3.36. The van der Waals surface area contributed by atoms with Crippen LogP contribution in [0, 0.1) is 6.92 Å². The zero-order chi connectivity index (χ0) is 15.2. The van der Waals surface area contributed by atoms with Crippen LogP contribution in [0.1, 0.15) is 36.4 Å². The molecule has 5 nitrogen and oxygen atoms in total. The second-order valence-corrected chi connectivity index (χ2v) is 6.87. The van der Waals surface area contributed by atoms with Crippen molar-refractivity contribution in [3.05, 3.63) is 16.1 Å². The summed E-state index contributed by atoms with van der Waals surface area (Å²) in [7, 11) is 2.02. The minimum absolute atomic E-state index is 0.0847. The number of amides is 1. The molecule has 1 aromatic heterocycles. The Morgan fingerprint density at radius 2 is 2.19 bits per heavy atom.